The number of carbonyl (C=O) groups is 1. The molecule has 0 heterocycles. The van der Waals surface area contributed by atoms with Gasteiger partial charge >= 0.3 is 0 Å². The van der Waals surface area contributed by atoms with Crippen molar-refractivity contribution >= 4 is 28.3 Å². The van der Waals surface area contributed by atoms with Crippen molar-refractivity contribution in [1.82, 2.24) is 10.0 Å². The third kappa shape index (κ3) is 4.92. The lowest BCUT2D eigenvalue weighted by atomic mass is 9.97. The third-order valence-corrected chi connectivity index (χ3v) is 5.82. The van der Waals surface area contributed by atoms with Crippen LogP contribution in [0.4, 0.5) is 0 Å². The van der Waals surface area contributed by atoms with Crippen molar-refractivity contribution in [2.75, 3.05) is 6.54 Å². The highest BCUT2D eigenvalue weighted by atomic mass is 35.5. The maximum atomic E-state index is 12.4. The lowest BCUT2D eigenvalue weighted by molar-refractivity contribution is 0.0903. The molecule has 0 bridgehead atoms. The number of amides is 1. The Labute approximate surface area is 150 Å². The quantitative estimate of drug-likeness (QED) is 0.705. The highest BCUT2D eigenvalue weighted by Gasteiger charge is 2.34. The van der Waals surface area contributed by atoms with Gasteiger partial charge in [0.15, 0.2) is 0 Å². The van der Waals surface area contributed by atoms with Crippen molar-refractivity contribution in [1.29, 1.82) is 0 Å². The minimum atomic E-state index is -3.54. The Balaban J connectivity index is 0.00000288. The van der Waals surface area contributed by atoms with E-state index in [-0.39, 0.29) is 34.8 Å². The summed E-state index contributed by atoms with van der Waals surface area (Å²) in [7, 11) is -3.54. The second-order valence-corrected chi connectivity index (χ2v) is 8.16. The van der Waals surface area contributed by atoms with E-state index in [2.05, 4.69) is 10.0 Å². The van der Waals surface area contributed by atoms with E-state index in [1.54, 1.807) is 13.8 Å². The number of hydrogen-bond donors (Lipinski definition) is 3. The number of halogens is 1. The number of carbonyl (C=O) groups excluding carboxylic acids is 1. The van der Waals surface area contributed by atoms with E-state index in [9.17, 15) is 13.2 Å². The van der Waals surface area contributed by atoms with E-state index in [1.807, 2.05) is 0 Å². The Hall–Kier alpha value is -1.15. The normalized spacial score (nSPS) is 16.7. The number of nitrogens with one attached hydrogen (secondary N) is 2. The number of nitrogens with two attached hydrogens (primary N) is 1. The fourth-order valence-corrected chi connectivity index (χ4v) is 4.16. The molecule has 1 aliphatic carbocycles. The van der Waals surface area contributed by atoms with E-state index in [4.69, 9.17) is 5.73 Å². The average Bonchev–Trinajstić information content (AvgIpc) is 2.95. The van der Waals surface area contributed by atoms with Gasteiger partial charge in [-0.1, -0.05) is 12.8 Å². The lowest BCUT2D eigenvalue weighted by Crippen LogP contribution is -2.51. The fourth-order valence-electron chi connectivity index (χ4n) is 2.91. The molecule has 0 radical (unpaired) electrons. The minimum absolute atomic E-state index is 0. The molecule has 0 aliphatic heterocycles. The van der Waals surface area contributed by atoms with Crippen LogP contribution in [0.5, 0.6) is 0 Å². The summed E-state index contributed by atoms with van der Waals surface area (Å²) in [5.74, 6) is -0.210. The molecule has 1 saturated carbocycles. The first-order chi connectivity index (χ1) is 10.8. The molecule has 136 valence electrons. The molecule has 0 aromatic heterocycles. The Morgan fingerprint density at radius 2 is 1.75 bits per heavy atom. The van der Waals surface area contributed by atoms with Gasteiger partial charge in [-0.2, -0.15) is 0 Å². The number of hydrogen-bond acceptors (Lipinski definition) is 4. The van der Waals surface area contributed by atoms with Crippen LogP contribution >= 0.6 is 12.4 Å². The van der Waals surface area contributed by atoms with Crippen LogP contribution in [0.1, 0.15) is 49.9 Å². The average molecular weight is 376 g/mol. The van der Waals surface area contributed by atoms with E-state index in [0.717, 1.165) is 25.7 Å². The predicted octanol–water partition coefficient (Wildman–Crippen LogP) is 1.80. The van der Waals surface area contributed by atoms with Crippen LogP contribution in [0.25, 0.3) is 0 Å². The Bertz CT molecular complexity index is 654. The topological polar surface area (TPSA) is 101 Å². The molecule has 0 atom stereocenters. The summed E-state index contributed by atoms with van der Waals surface area (Å²) in [6, 6.07) is 5.77. The van der Waals surface area contributed by atoms with Crippen molar-refractivity contribution in [3.8, 4) is 0 Å². The van der Waals surface area contributed by atoms with Crippen LogP contribution in [0.2, 0.25) is 0 Å². The zero-order chi connectivity index (χ0) is 17.1. The summed E-state index contributed by atoms with van der Waals surface area (Å²) in [5.41, 5.74) is 5.94. The molecule has 24 heavy (non-hydrogen) atoms. The molecule has 0 unspecified atom stereocenters. The molecular weight excluding hydrogens is 350 g/mol. The molecule has 6 nitrogen and oxygen atoms in total. The highest BCUT2D eigenvalue weighted by Crippen LogP contribution is 2.29. The molecule has 0 saturated heterocycles. The van der Waals surface area contributed by atoms with Crippen LogP contribution in [-0.2, 0) is 10.0 Å². The fraction of sp³-hybridized carbons (Fsp3) is 0.562. The first-order valence-electron chi connectivity index (χ1n) is 7.93. The standard InChI is InChI=1S/C16H25N3O3S.ClH/c1-12(2)19-23(21,22)14-7-5-13(6-8-14)15(20)18-16(11-17)9-3-4-10-16;/h5-8,12,19H,3-4,9-11,17H2,1-2H3,(H,18,20);1H. The summed E-state index contributed by atoms with van der Waals surface area (Å²) < 4.78 is 26.7. The van der Waals surface area contributed by atoms with Crippen LogP contribution in [0.15, 0.2) is 29.2 Å². The Morgan fingerprint density at radius 1 is 1.21 bits per heavy atom. The van der Waals surface area contributed by atoms with Gasteiger partial charge in [-0.25, -0.2) is 13.1 Å². The highest BCUT2D eigenvalue weighted by molar-refractivity contribution is 7.89. The summed E-state index contributed by atoms with van der Waals surface area (Å²) in [6.45, 7) is 3.93. The van der Waals surface area contributed by atoms with Crippen molar-refractivity contribution < 1.29 is 13.2 Å². The van der Waals surface area contributed by atoms with Gasteiger partial charge in [-0.05, 0) is 51.0 Å². The smallest absolute Gasteiger partial charge is 0.251 e. The van der Waals surface area contributed by atoms with Crippen molar-refractivity contribution in [3.05, 3.63) is 29.8 Å². The second-order valence-electron chi connectivity index (χ2n) is 6.45. The maximum Gasteiger partial charge on any atom is 0.251 e. The maximum absolute atomic E-state index is 12.4. The van der Waals surface area contributed by atoms with Gasteiger partial charge in [0.05, 0.1) is 10.4 Å². The van der Waals surface area contributed by atoms with Gasteiger partial charge in [0.1, 0.15) is 0 Å². The Kier molecular flexibility index (Phi) is 7.22. The molecule has 1 amide bonds. The molecule has 4 N–H and O–H groups in total. The van der Waals surface area contributed by atoms with Crippen molar-refractivity contribution in [2.24, 2.45) is 5.73 Å². The van der Waals surface area contributed by atoms with Gasteiger partial charge in [-0.3, -0.25) is 4.79 Å². The lowest BCUT2D eigenvalue weighted by Gasteiger charge is -2.28. The summed E-state index contributed by atoms with van der Waals surface area (Å²) in [6.07, 6.45) is 3.91. The van der Waals surface area contributed by atoms with Crippen molar-refractivity contribution in [2.45, 2.75) is 56.0 Å². The van der Waals surface area contributed by atoms with Gasteiger partial charge in [0.25, 0.3) is 5.91 Å². The van der Waals surface area contributed by atoms with Crippen LogP contribution < -0.4 is 15.8 Å². The van der Waals surface area contributed by atoms with Gasteiger partial charge in [0.2, 0.25) is 10.0 Å². The zero-order valence-corrected chi connectivity index (χ0v) is 15.7. The van der Waals surface area contributed by atoms with E-state index < -0.39 is 10.0 Å². The molecule has 1 aromatic carbocycles. The summed E-state index contributed by atoms with van der Waals surface area (Å²) in [4.78, 5) is 12.5. The monoisotopic (exact) mass is 375 g/mol. The summed E-state index contributed by atoms with van der Waals surface area (Å²) in [5, 5.41) is 3.02. The van der Waals surface area contributed by atoms with Gasteiger partial charge < -0.3 is 11.1 Å². The third-order valence-electron chi connectivity index (χ3n) is 4.15. The van der Waals surface area contributed by atoms with Crippen LogP contribution in [0.3, 0.4) is 0 Å². The molecular formula is C16H26ClN3O3S. The van der Waals surface area contributed by atoms with Gasteiger partial charge in [-0.15, -0.1) is 12.4 Å². The largest absolute Gasteiger partial charge is 0.345 e. The molecule has 1 aromatic rings. The minimum Gasteiger partial charge on any atom is -0.345 e. The molecule has 1 fully saturated rings. The predicted molar refractivity (Wildman–Crippen MR) is 96.9 cm³/mol. The van der Waals surface area contributed by atoms with E-state index in [0.29, 0.717) is 12.1 Å². The van der Waals surface area contributed by atoms with Crippen LogP contribution in [0, 0.1) is 0 Å². The SMILES string of the molecule is CC(C)NS(=O)(=O)c1ccc(C(=O)NC2(CN)CCCC2)cc1.Cl. The first kappa shape index (κ1) is 20.9. The molecule has 0 spiro atoms. The Morgan fingerprint density at radius 3 is 2.21 bits per heavy atom. The number of benzene rings is 1. The molecule has 2 rings (SSSR count). The van der Waals surface area contributed by atoms with E-state index >= 15 is 0 Å². The number of rotatable bonds is 6. The van der Waals surface area contributed by atoms with Crippen molar-refractivity contribution in [3.63, 3.8) is 0 Å². The first-order valence-corrected chi connectivity index (χ1v) is 9.41. The van der Waals surface area contributed by atoms with Crippen LogP contribution in [-0.4, -0.2) is 32.5 Å². The zero-order valence-electron chi connectivity index (χ0n) is 14.0. The second kappa shape index (κ2) is 8.29. The number of sulfonamides is 1. The van der Waals surface area contributed by atoms with E-state index in [1.165, 1.54) is 24.3 Å². The molecule has 8 heteroatoms. The summed E-state index contributed by atoms with van der Waals surface area (Å²) >= 11 is 0. The molecule has 1 aliphatic rings. The van der Waals surface area contributed by atoms with Gasteiger partial charge in [0, 0.05) is 18.2 Å².